The Morgan fingerprint density at radius 2 is 1.82 bits per heavy atom. The van der Waals surface area contributed by atoms with Gasteiger partial charge in [-0.25, -0.2) is 4.79 Å². The number of hydrogen-bond donors (Lipinski definition) is 3. The number of para-hydroxylation sites is 1. The van der Waals surface area contributed by atoms with Gasteiger partial charge >= 0.3 is 5.97 Å². The van der Waals surface area contributed by atoms with Gasteiger partial charge in [-0.15, -0.1) is 0 Å². The van der Waals surface area contributed by atoms with Crippen LogP contribution < -0.4 is 10.6 Å². The zero-order valence-corrected chi connectivity index (χ0v) is 22.2. The number of pyridine rings is 1. The minimum atomic E-state index is -1.03. The van der Waals surface area contributed by atoms with Gasteiger partial charge in [-0.05, 0) is 60.6 Å². The van der Waals surface area contributed by atoms with Crippen LogP contribution in [0.25, 0.3) is 11.3 Å². The van der Waals surface area contributed by atoms with Crippen LogP contribution in [0.4, 0.5) is 5.69 Å². The first-order valence-corrected chi connectivity index (χ1v) is 13.1. The number of aryl methyl sites for hydroxylation is 1. The average Bonchev–Trinajstić information content (AvgIpc) is 3.57. The van der Waals surface area contributed by atoms with E-state index >= 15 is 0 Å². The molecule has 0 aliphatic carbocycles. The smallest absolute Gasteiger partial charge is 0.336 e. The lowest BCUT2D eigenvalue weighted by Gasteiger charge is -2.26. The summed E-state index contributed by atoms with van der Waals surface area (Å²) in [6.45, 7) is 2.40. The molecule has 2 atom stereocenters. The molecule has 0 bridgehead atoms. The number of nitrogens with zero attached hydrogens (tertiary/aromatic N) is 2. The number of amides is 1. The van der Waals surface area contributed by atoms with Gasteiger partial charge in [-0.1, -0.05) is 49.4 Å². The number of aromatic nitrogens is 1. The van der Waals surface area contributed by atoms with E-state index < -0.39 is 12.0 Å². The fraction of sp³-hybridized carbons (Fsp3) is 0.200. The van der Waals surface area contributed by atoms with Crippen molar-refractivity contribution in [3.63, 3.8) is 0 Å². The number of nitrogens with one attached hydrogen (secondary N) is 2. The van der Waals surface area contributed by atoms with Crippen LogP contribution in [0.2, 0.25) is 0 Å². The molecule has 3 heterocycles. The third kappa shape index (κ3) is 5.53. The van der Waals surface area contributed by atoms with Crippen LogP contribution in [-0.4, -0.2) is 38.5 Å². The zero-order chi connectivity index (χ0) is 27.4. The van der Waals surface area contributed by atoms with Crippen molar-refractivity contribution in [1.82, 2.24) is 15.2 Å². The van der Waals surface area contributed by atoms with Gasteiger partial charge in [0, 0.05) is 30.4 Å². The highest BCUT2D eigenvalue weighted by molar-refractivity contribution is 7.80. The second-order valence-corrected chi connectivity index (χ2v) is 9.57. The normalized spacial score (nSPS) is 16.6. The molecular formula is C30H28N4O4S. The lowest BCUT2D eigenvalue weighted by atomic mass is 10.0. The maximum Gasteiger partial charge on any atom is 0.336 e. The molecule has 198 valence electrons. The molecular weight excluding hydrogens is 512 g/mol. The Hall–Kier alpha value is -4.50. The lowest BCUT2D eigenvalue weighted by molar-refractivity contribution is -0.116. The molecule has 0 saturated carbocycles. The van der Waals surface area contributed by atoms with Gasteiger partial charge in [0.25, 0.3) is 0 Å². The fourth-order valence-corrected chi connectivity index (χ4v) is 5.21. The van der Waals surface area contributed by atoms with E-state index in [-0.39, 0.29) is 23.9 Å². The number of anilines is 1. The molecule has 1 amide bonds. The molecule has 2 aromatic heterocycles. The number of carboxylic acids is 1. The molecule has 5 rings (SSSR count). The Kier molecular flexibility index (Phi) is 7.69. The number of carbonyl (C=O) groups is 2. The van der Waals surface area contributed by atoms with Crippen molar-refractivity contribution in [2.24, 2.45) is 0 Å². The first-order valence-electron chi connectivity index (χ1n) is 12.7. The van der Waals surface area contributed by atoms with Gasteiger partial charge < -0.3 is 25.1 Å². The molecule has 9 heteroatoms. The molecule has 2 aromatic carbocycles. The molecule has 3 N–H and O–H groups in total. The Morgan fingerprint density at radius 3 is 2.59 bits per heavy atom. The van der Waals surface area contributed by atoms with E-state index in [9.17, 15) is 14.7 Å². The van der Waals surface area contributed by atoms with Crippen LogP contribution in [0, 0.1) is 0 Å². The quantitative estimate of drug-likeness (QED) is 0.235. The van der Waals surface area contributed by atoms with Crippen molar-refractivity contribution < 1.29 is 19.1 Å². The third-order valence-electron chi connectivity index (χ3n) is 6.79. The summed E-state index contributed by atoms with van der Waals surface area (Å²) < 4.78 is 6.27. The summed E-state index contributed by atoms with van der Waals surface area (Å²) in [5.74, 6) is -0.121. The van der Waals surface area contributed by atoms with Crippen LogP contribution in [0.15, 0.2) is 89.5 Å². The molecule has 8 nitrogen and oxygen atoms in total. The molecule has 0 unspecified atom stereocenters. The standard InChI is InChI=1S/C30H28N4O4S/c1-2-19-9-3-6-12-22(19)32-26(35)16-18-34-28(27(33-30(34)39)23-13-7-8-17-31-23)25-15-14-24(38-25)20-10-4-5-11-21(20)29(36)37/h3-15,17,27-28H,2,16,18H2,1H3,(H,32,35)(H,33,39)(H,36,37)/t27-,28-/m1/s1. The minimum absolute atomic E-state index is 0.116. The minimum Gasteiger partial charge on any atom is -0.478 e. The van der Waals surface area contributed by atoms with E-state index in [4.69, 9.17) is 16.6 Å². The van der Waals surface area contributed by atoms with E-state index in [1.165, 1.54) is 0 Å². The number of hydrogen-bond acceptors (Lipinski definition) is 5. The molecule has 39 heavy (non-hydrogen) atoms. The van der Waals surface area contributed by atoms with Gasteiger partial charge in [0.05, 0.1) is 17.3 Å². The molecule has 1 aliphatic heterocycles. The second kappa shape index (κ2) is 11.5. The van der Waals surface area contributed by atoms with E-state index in [1.54, 1.807) is 36.5 Å². The Morgan fingerprint density at radius 1 is 1.05 bits per heavy atom. The predicted molar refractivity (Wildman–Crippen MR) is 152 cm³/mol. The second-order valence-electron chi connectivity index (χ2n) is 9.18. The number of rotatable bonds is 9. The largest absolute Gasteiger partial charge is 0.478 e. The summed E-state index contributed by atoms with van der Waals surface area (Å²) in [5.41, 5.74) is 3.29. The number of aromatic carboxylic acids is 1. The lowest BCUT2D eigenvalue weighted by Crippen LogP contribution is -2.32. The van der Waals surface area contributed by atoms with E-state index in [1.807, 2.05) is 60.4 Å². The van der Waals surface area contributed by atoms with E-state index in [0.717, 1.165) is 23.4 Å². The zero-order valence-electron chi connectivity index (χ0n) is 21.3. The van der Waals surface area contributed by atoms with Crippen LogP contribution in [0.3, 0.4) is 0 Å². The number of furan rings is 1. The van der Waals surface area contributed by atoms with Crippen molar-refractivity contribution in [2.45, 2.75) is 31.8 Å². The molecule has 1 aliphatic rings. The van der Waals surface area contributed by atoms with Gasteiger partial charge in [0.1, 0.15) is 17.6 Å². The highest BCUT2D eigenvalue weighted by Gasteiger charge is 2.41. The van der Waals surface area contributed by atoms with Gasteiger partial charge in [-0.2, -0.15) is 0 Å². The number of carboxylic acid groups (broad SMARTS) is 1. The SMILES string of the molecule is CCc1ccccc1NC(=O)CCN1C(=S)N[C@H](c2ccccn2)[C@H]1c1ccc(-c2ccccc2C(=O)O)o1. The monoisotopic (exact) mass is 540 g/mol. The Balaban J connectivity index is 1.42. The molecule has 4 aromatic rings. The topological polar surface area (TPSA) is 108 Å². The van der Waals surface area contributed by atoms with Crippen LogP contribution in [0.5, 0.6) is 0 Å². The van der Waals surface area contributed by atoms with Crippen LogP contribution in [0.1, 0.15) is 52.8 Å². The summed E-state index contributed by atoms with van der Waals surface area (Å²) in [6.07, 6.45) is 2.74. The van der Waals surface area contributed by atoms with E-state index in [2.05, 4.69) is 15.6 Å². The summed E-state index contributed by atoms with van der Waals surface area (Å²) in [6, 6.07) is 23.0. The van der Waals surface area contributed by atoms with Crippen molar-refractivity contribution in [3.8, 4) is 11.3 Å². The molecule has 0 radical (unpaired) electrons. The fourth-order valence-electron chi connectivity index (χ4n) is 4.88. The number of carbonyl (C=O) groups excluding carboxylic acids is 1. The first-order chi connectivity index (χ1) is 19.0. The van der Waals surface area contributed by atoms with Gasteiger partial charge in [0.15, 0.2) is 5.11 Å². The highest BCUT2D eigenvalue weighted by atomic mass is 32.1. The third-order valence-corrected chi connectivity index (χ3v) is 7.14. The number of thiocarbonyl (C=S) groups is 1. The highest BCUT2D eigenvalue weighted by Crippen LogP contribution is 2.40. The van der Waals surface area contributed by atoms with E-state index in [0.29, 0.717) is 28.7 Å². The molecule has 1 fully saturated rings. The van der Waals surface area contributed by atoms with Crippen LogP contribution >= 0.6 is 12.2 Å². The van der Waals surface area contributed by atoms with Crippen molar-refractivity contribution in [3.05, 3.63) is 108 Å². The summed E-state index contributed by atoms with van der Waals surface area (Å²) in [4.78, 5) is 31.2. The Bertz CT molecular complexity index is 1500. The summed E-state index contributed by atoms with van der Waals surface area (Å²) >= 11 is 5.71. The van der Waals surface area contributed by atoms with Gasteiger partial charge in [0.2, 0.25) is 5.91 Å². The van der Waals surface area contributed by atoms with Gasteiger partial charge in [-0.3, -0.25) is 9.78 Å². The van der Waals surface area contributed by atoms with Crippen LogP contribution in [-0.2, 0) is 11.2 Å². The first kappa shape index (κ1) is 26.1. The Labute approximate surface area is 231 Å². The van der Waals surface area contributed by atoms with Crippen molar-refractivity contribution in [1.29, 1.82) is 0 Å². The predicted octanol–water partition coefficient (Wildman–Crippen LogP) is 5.60. The summed E-state index contributed by atoms with van der Waals surface area (Å²) in [5, 5.41) is 16.5. The maximum atomic E-state index is 12.9. The number of benzene rings is 2. The molecule has 1 saturated heterocycles. The average molecular weight is 541 g/mol. The van der Waals surface area contributed by atoms with Crippen molar-refractivity contribution in [2.75, 3.05) is 11.9 Å². The summed E-state index contributed by atoms with van der Waals surface area (Å²) in [7, 11) is 0. The molecule has 0 spiro atoms. The van der Waals surface area contributed by atoms with Crippen molar-refractivity contribution >= 4 is 34.9 Å². The maximum absolute atomic E-state index is 12.9.